The number of halogens is 5. The molecule has 0 spiro atoms. The molecule has 0 unspecified atom stereocenters. The maximum absolute atomic E-state index is 13.5. The van der Waals surface area contributed by atoms with Crippen molar-refractivity contribution in [3.63, 3.8) is 0 Å². The maximum atomic E-state index is 13.5. The van der Waals surface area contributed by atoms with Crippen molar-refractivity contribution in [2.24, 2.45) is 0 Å². The van der Waals surface area contributed by atoms with Gasteiger partial charge in [0.1, 0.15) is 18.1 Å². The van der Waals surface area contributed by atoms with Crippen molar-refractivity contribution in [2.75, 3.05) is 6.54 Å². The first-order valence-electron chi connectivity index (χ1n) is 9.65. The Kier molecular flexibility index (Phi) is 7.56. The van der Waals surface area contributed by atoms with E-state index in [-0.39, 0.29) is 29.2 Å². The first kappa shape index (κ1) is 24.9. The number of nitrogens with one attached hydrogen (secondary N) is 1. The number of rotatable bonds is 8. The van der Waals surface area contributed by atoms with E-state index in [2.05, 4.69) is 0 Å². The largest absolute Gasteiger partial charge is 0.402 e. The first-order chi connectivity index (χ1) is 15.4. The van der Waals surface area contributed by atoms with Gasteiger partial charge in [-0.1, -0.05) is 48.0 Å². The molecule has 0 atom stereocenters. The van der Waals surface area contributed by atoms with Gasteiger partial charge in [-0.05, 0) is 52.6 Å². The van der Waals surface area contributed by atoms with E-state index in [0.717, 1.165) is 12.1 Å². The van der Waals surface area contributed by atoms with Crippen LogP contribution in [0.5, 0.6) is 0 Å². The van der Waals surface area contributed by atoms with Crippen molar-refractivity contribution >= 4 is 27.4 Å². The van der Waals surface area contributed by atoms with E-state index < -0.39 is 33.5 Å². The summed E-state index contributed by atoms with van der Waals surface area (Å²) in [6, 6.07) is 16.2. The van der Waals surface area contributed by atoms with E-state index in [0.29, 0.717) is 16.7 Å². The molecule has 3 rings (SSSR count). The lowest BCUT2D eigenvalue weighted by atomic mass is 9.94. The van der Waals surface area contributed by atoms with E-state index in [1.54, 1.807) is 30.3 Å². The topological polar surface area (TPSA) is 63.2 Å². The Balaban J connectivity index is 1.95. The number of carbonyl (C=O) groups excluding carboxylic acids is 1. The van der Waals surface area contributed by atoms with E-state index in [9.17, 15) is 30.8 Å². The molecule has 0 saturated carbocycles. The second-order valence-electron chi connectivity index (χ2n) is 7.25. The average molecular weight is 500 g/mol. The molecule has 0 aliphatic carbocycles. The molecule has 0 amide bonds. The summed E-state index contributed by atoms with van der Waals surface area (Å²) < 4.78 is 77.3. The monoisotopic (exact) mass is 499 g/mol. The van der Waals surface area contributed by atoms with E-state index in [1.165, 1.54) is 29.0 Å². The average Bonchev–Trinajstić information content (AvgIpc) is 2.75. The zero-order valence-electron chi connectivity index (χ0n) is 17.0. The summed E-state index contributed by atoms with van der Waals surface area (Å²) in [6.45, 7) is -1.72. The van der Waals surface area contributed by atoms with E-state index >= 15 is 0 Å². The lowest BCUT2D eigenvalue weighted by Crippen LogP contribution is -2.33. The number of benzene rings is 3. The van der Waals surface area contributed by atoms with E-state index in [1.807, 2.05) is 0 Å². The number of Topliss-reactive ketones (excluding diaryl/α,β-unsaturated/α-hetero) is 1. The first-order valence-corrected chi connectivity index (χ1v) is 11.5. The van der Waals surface area contributed by atoms with Crippen molar-refractivity contribution in [2.45, 2.75) is 23.9 Å². The quantitative estimate of drug-likeness (QED) is 0.425. The Morgan fingerprint density at radius 1 is 0.909 bits per heavy atom. The molecule has 0 aromatic heterocycles. The van der Waals surface area contributed by atoms with Gasteiger partial charge in [0, 0.05) is 17.9 Å². The van der Waals surface area contributed by atoms with Crippen molar-refractivity contribution in [3.05, 3.63) is 88.7 Å². The van der Waals surface area contributed by atoms with Gasteiger partial charge in [-0.3, -0.25) is 4.79 Å². The summed E-state index contributed by atoms with van der Waals surface area (Å²) in [7, 11) is -4.47. The van der Waals surface area contributed by atoms with Crippen LogP contribution in [0.1, 0.15) is 11.1 Å². The molecule has 3 aromatic rings. The van der Waals surface area contributed by atoms with Crippen LogP contribution in [0, 0.1) is 5.82 Å². The molecular weight excluding hydrogens is 482 g/mol. The molecule has 0 aliphatic rings. The van der Waals surface area contributed by atoms with Crippen LogP contribution in [0.2, 0.25) is 5.02 Å². The van der Waals surface area contributed by atoms with Crippen molar-refractivity contribution in [3.8, 4) is 11.1 Å². The normalized spacial score (nSPS) is 12.0. The highest BCUT2D eigenvalue weighted by molar-refractivity contribution is 7.89. The van der Waals surface area contributed by atoms with Gasteiger partial charge in [0.15, 0.2) is 0 Å². The van der Waals surface area contributed by atoms with Crippen LogP contribution in [-0.4, -0.2) is 26.9 Å². The number of hydrogen-bond donors (Lipinski definition) is 1. The fourth-order valence-corrected chi connectivity index (χ4v) is 4.46. The van der Waals surface area contributed by atoms with Crippen LogP contribution in [0.4, 0.5) is 17.6 Å². The van der Waals surface area contributed by atoms with Gasteiger partial charge < -0.3 is 0 Å². The standard InChI is InChI=1S/C23H18ClF4NO3S/c24-22-9-6-18(25)10-17(22)12-19(30)11-16-13-20(33(31,32)29-14-23(26,27)28)7-8-21(16)15-4-2-1-3-5-15/h1-10,13,29H,11-12,14H2. The summed E-state index contributed by atoms with van der Waals surface area (Å²) in [5, 5.41) is 0.209. The molecule has 0 radical (unpaired) electrons. The fourth-order valence-electron chi connectivity index (χ4n) is 3.21. The smallest absolute Gasteiger partial charge is 0.299 e. The van der Waals surface area contributed by atoms with Crippen molar-refractivity contribution < 1.29 is 30.8 Å². The van der Waals surface area contributed by atoms with Gasteiger partial charge in [0.05, 0.1) is 4.90 Å². The molecule has 33 heavy (non-hydrogen) atoms. The number of sulfonamides is 1. The zero-order chi connectivity index (χ0) is 24.2. The fraction of sp³-hybridized carbons (Fsp3) is 0.174. The van der Waals surface area contributed by atoms with Gasteiger partial charge in [-0.2, -0.15) is 13.2 Å². The molecule has 0 heterocycles. The minimum absolute atomic E-state index is 0.200. The summed E-state index contributed by atoms with van der Waals surface area (Å²) in [5.74, 6) is -0.937. The van der Waals surface area contributed by atoms with Crippen molar-refractivity contribution in [1.29, 1.82) is 0 Å². The number of carbonyl (C=O) groups is 1. The SMILES string of the molecule is O=C(Cc1cc(F)ccc1Cl)Cc1cc(S(=O)(=O)NCC(F)(F)F)ccc1-c1ccccc1. The molecule has 10 heteroatoms. The third kappa shape index (κ3) is 6.86. The minimum atomic E-state index is -4.72. The van der Waals surface area contributed by atoms with Crippen LogP contribution < -0.4 is 4.72 Å². The lowest BCUT2D eigenvalue weighted by molar-refractivity contribution is -0.121. The highest BCUT2D eigenvalue weighted by Gasteiger charge is 2.30. The summed E-state index contributed by atoms with van der Waals surface area (Å²) in [6.07, 6.45) is -5.16. The third-order valence-electron chi connectivity index (χ3n) is 4.72. The molecule has 0 bridgehead atoms. The number of hydrogen-bond acceptors (Lipinski definition) is 3. The summed E-state index contributed by atoms with van der Waals surface area (Å²) >= 11 is 6.03. The van der Waals surface area contributed by atoms with Crippen molar-refractivity contribution in [1.82, 2.24) is 4.72 Å². The summed E-state index contributed by atoms with van der Waals surface area (Å²) in [5.41, 5.74) is 1.81. The maximum Gasteiger partial charge on any atom is 0.402 e. The van der Waals surface area contributed by atoms with Gasteiger partial charge in [0.25, 0.3) is 0 Å². The Morgan fingerprint density at radius 3 is 2.24 bits per heavy atom. The van der Waals surface area contributed by atoms with Crippen LogP contribution in [-0.2, 0) is 27.7 Å². The Hall–Kier alpha value is -2.75. The van der Waals surface area contributed by atoms with Gasteiger partial charge in [0.2, 0.25) is 10.0 Å². The van der Waals surface area contributed by atoms with Gasteiger partial charge >= 0.3 is 6.18 Å². The van der Waals surface area contributed by atoms with E-state index in [4.69, 9.17) is 11.6 Å². The Bertz CT molecular complexity index is 1260. The molecule has 0 saturated heterocycles. The van der Waals surface area contributed by atoms with Gasteiger partial charge in [-0.25, -0.2) is 17.5 Å². The Morgan fingerprint density at radius 2 is 1.58 bits per heavy atom. The highest BCUT2D eigenvalue weighted by atomic mass is 35.5. The Labute approximate surface area is 193 Å². The minimum Gasteiger partial charge on any atom is -0.299 e. The van der Waals surface area contributed by atoms with Crippen LogP contribution in [0.3, 0.4) is 0 Å². The second kappa shape index (κ2) is 10.0. The molecule has 1 N–H and O–H groups in total. The second-order valence-corrected chi connectivity index (χ2v) is 9.43. The zero-order valence-corrected chi connectivity index (χ0v) is 18.6. The molecule has 0 aliphatic heterocycles. The molecule has 3 aromatic carbocycles. The molecular formula is C23H18ClF4NO3S. The third-order valence-corrected chi connectivity index (χ3v) is 6.49. The number of ketones is 1. The predicted octanol–water partition coefficient (Wildman–Crippen LogP) is 5.34. The van der Waals surface area contributed by atoms with Crippen LogP contribution in [0.15, 0.2) is 71.6 Å². The van der Waals surface area contributed by atoms with Gasteiger partial charge in [-0.15, -0.1) is 0 Å². The molecule has 174 valence electrons. The molecule has 0 fully saturated rings. The summed E-state index contributed by atoms with van der Waals surface area (Å²) in [4.78, 5) is 12.3. The molecule has 4 nitrogen and oxygen atoms in total. The van der Waals surface area contributed by atoms with Crippen LogP contribution in [0.25, 0.3) is 11.1 Å². The lowest BCUT2D eigenvalue weighted by Gasteiger charge is -2.14. The number of alkyl halides is 3. The van der Waals surface area contributed by atoms with Crippen LogP contribution >= 0.6 is 11.6 Å². The highest BCUT2D eigenvalue weighted by Crippen LogP contribution is 2.28. The predicted molar refractivity (Wildman–Crippen MR) is 117 cm³/mol.